The van der Waals surface area contributed by atoms with Gasteiger partial charge in [-0.15, -0.1) is 0 Å². The van der Waals surface area contributed by atoms with Crippen LogP contribution in [0.15, 0.2) is 36.4 Å². The summed E-state index contributed by atoms with van der Waals surface area (Å²) >= 11 is 13.8. The van der Waals surface area contributed by atoms with Crippen LogP contribution in [-0.2, 0) is 4.74 Å². The number of amides is 1. The fraction of sp³-hybridized carbons (Fsp3) is 0.333. The molecule has 0 N–H and O–H groups in total. The van der Waals surface area contributed by atoms with E-state index in [-0.39, 0.29) is 12.0 Å². The van der Waals surface area contributed by atoms with Gasteiger partial charge in [0.15, 0.2) is 5.13 Å². The highest BCUT2D eigenvalue weighted by Gasteiger charge is 2.28. The van der Waals surface area contributed by atoms with Crippen molar-refractivity contribution in [2.24, 2.45) is 0 Å². The van der Waals surface area contributed by atoms with E-state index in [1.165, 1.54) is 11.3 Å². The predicted octanol–water partition coefficient (Wildman–Crippen LogP) is 5.83. The van der Waals surface area contributed by atoms with Gasteiger partial charge in [0.25, 0.3) is 5.91 Å². The lowest BCUT2D eigenvalue weighted by Gasteiger charge is -2.23. The van der Waals surface area contributed by atoms with Crippen LogP contribution < -0.4 is 9.64 Å². The summed E-state index contributed by atoms with van der Waals surface area (Å²) in [7, 11) is 0. The molecule has 1 aliphatic heterocycles. The summed E-state index contributed by atoms with van der Waals surface area (Å²) < 4.78 is 12.4. The molecule has 1 fully saturated rings. The molecule has 5 nitrogen and oxygen atoms in total. The van der Waals surface area contributed by atoms with Gasteiger partial charge in [-0.05, 0) is 50.1 Å². The molecule has 1 unspecified atom stereocenters. The van der Waals surface area contributed by atoms with Crippen molar-refractivity contribution in [2.75, 3.05) is 24.7 Å². The minimum atomic E-state index is -0.223. The summed E-state index contributed by atoms with van der Waals surface area (Å²) in [4.78, 5) is 19.8. The number of para-hydroxylation sites is 1. The number of aromatic nitrogens is 1. The van der Waals surface area contributed by atoms with Crippen molar-refractivity contribution in [3.8, 4) is 5.75 Å². The maximum Gasteiger partial charge on any atom is 0.261 e. The molecule has 8 heteroatoms. The van der Waals surface area contributed by atoms with E-state index in [9.17, 15) is 4.79 Å². The van der Waals surface area contributed by atoms with E-state index in [4.69, 9.17) is 37.7 Å². The Morgan fingerprint density at radius 3 is 2.93 bits per heavy atom. The number of carbonyl (C=O) groups excluding carboxylic acids is 1. The van der Waals surface area contributed by atoms with Gasteiger partial charge in [0.2, 0.25) is 0 Å². The number of hydrogen-bond donors (Lipinski definition) is 0. The van der Waals surface area contributed by atoms with Crippen molar-refractivity contribution in [2.45, 2.75) is 25.9 Å². The summed E-state index contributed by atoms with van der Waals surface area (Å²) in [5.41, 5.74) is 1.14. The molecule has 1 aliphatic rings. The highest BCUT2D eigenvalue weighted by molar-refractivity contribution is 7.22. The molecule has 1 saturated heterocycles. The summed E-state index contributed by atoms with van der Waals surface area (Å²) in [6, 6.07) is 10.7. The lowest BCUT2D eigenvalue weighted by molar-refractivity contribution is 0.0917. The minimum Gasteiger partial charge on any atom is -0.492 e. The van der Waals surface area contributed by atoms with Crippen LogP contribution in [-0.4, -0.2) is 36.8 Å². The molecule has 2 heterocycles. The standard InChI is InChI=1S/C21H20Cl2N2O3S/c1-2-27-17-6-3-7-18-19(17)24-21(29-18)25(12-14-5-4-10-28-14)20(26)15-9-8-13(22)11-16(15)23/h3,6-9,11,14H,2,4-5,10,12H2,1H3. The van der Waals surface area contributed by atoms with Gasteiger partial charge < -0.3 is 9.47 Å². The van der Waals surface area contributed by atoms with E-state index < -0.39 is 0 Å². The Kier molecular flexibility index (Phi) is 6.25. The van der Waals surface area contributed by atoms with Gasteiger partial charge in [0, 0.05) is 11.6 Å². The summed E-state index contributed by atoms with van der Waals surface area (Å²) in [5, 5.41) is 1.40. The zero-order chi connectivity index (χ0) is 20.4. The Morgan fingerprint density at radius 2 is 2.21 bits per heavy atom. The molecule has 1 amide bonds. The van der Waals surface area contributed by atoms with Crippen LogP contribution in [0.5, 0.6) is 5.75 Å². The van der Waals surface area contributed by atoms with Crippen LogP contribution in [0.1, 0.15) is 30.1 Å². The van der Waals surface area contributed by atoms with Gasteiger partial charge in [-0.25, -0.2) is 4.98 Å². The maximum atomic E-state index is 13.4. The molecule has 4 rings (SSSR count). The second-order valence-electron chi connectivity index (χ2n) is 6.71. The quantitative estimate of drug-likeness (QED) is 0.474. The number of carbonyl (C=O) groups is 1. The fourth-order valence-electron chi connectivity index (χ4n) is 3.35. The van der Waals surface area contributed by atoms with Crippen molar-refractivity contribution in [1.29, 1.82) is 0 Å². The summed E-state index contributed by atoms with van der Waals surface area (Å²) in [5.74, 6) is 0.487. The number of halogens is 2. The highest BCUT2D eigenvalue weighted by atomic mass is 35.5. The van der Waals surface area contributed by atoms with Crippen LogP contribution in [0.3, 0.4) is 0 Å². The van der Waals surface area contributed by atoms with E-state index >= 15 is 0 Å². The molecule has 0 aliphatic carbocycles. The monoisotopic (exact) mass is 450 g/mol. The van der Waals surface area contributed by atoms with Gasteiger partial charge in [-0.3, -0.25) is 9.69 Å². The average molecular weight is 451 g/mol. The number of rotatable bonds is 6. The van der Waals surface area contributed by atoms with Crippen LogP contribution >= 0.6 is 34.5 Å². The third-order valence-corrected chi connectivity index (χ3v) is 6.31. The number of ether oxygens (including phenoxy) is 2. The largest absolute Gasteiger partial charge is 0.492 e. The van der Waals surface area contributed by atoms with E-state index in [0.717, 1.165) is 23.1 Å². The smallest absolute Gasteiger partial charge is 0.261 e. The van der Waals surface area contributed by atoms with Crippen LogP contribution in [0.4, 0.5) is 5.13 Å². The Morgan fingerprint density at radius 1 is 1.34 bits per heavy atom. The molecule has 0 spiro atoms. The first-order valence-electron chi connectivity index (χ1n) is 9.47. The Bertz CT molecular complexity index is 1030. The van der Waals surface area contributed by atoms with Crippen molar-refractivity contribution >= 4 is 55.8 Å². The van der Waals surface area contributed by atoms with Crippen molar-refractivity contribution < 1.29 is 14.3 Å². The van der Waals surface area contributed by atoms with Crippen LogP contribution in [0, 0.1) is 0 Å². The topological polar surface area (TPSA) is 51.7 Å². The van der Waals surface area contributed by atoms with Crippen molar-refractivity contribution in [1.82, 2.24) is 4.98 Å². The molecule has 2 aromatic carbocycles. The van der Waals surface area contributed by atoms with Gasteiger partial charge in [0.05, 0.1) is 34.5 Å². The van der Waals surface area contributed by atoms with Gasteiger partial charge in [0.1, 0.15) is 11.3 Å². The minimum absolute atomic E-state index is 0.0246. The van der Waals surface area contributed by atoms with E-state index in [1.807, 2.05) is 25.1 Å². The second kappa shape index (κ2) is 8.88. The molecule has 152 valence electrons. The van der Waals surface area contributed by atoms with Crippen molar-refractivity contribution in [3.05, 3.63) is 52.0 Å². The second-order valence-corrected chi connectivity index (χ2v) is 8.56. The van der Waals surface area contributed by atoms with Gasteiger partial charge in [-0.1, -0.05) is 40.6 Å². The molecule has 29 heavy (non-hydrogen) atoms. The average Bonchev–Trinajstić information content (AvgIpc) is 3.36. The molecular formula is C21H20Cl2N2O3S. The first-order valence-corrected chi connectivity index (χ1v) is 11.0. The Labute approximate surface area is 183 Å². The number of benzene rings is 2. The first kappa shape index (κ1) is 20.4. The molecule has 1 atom stereocenters. The SMILES string of the molecule is CCOc1cccc2sc(N(CC3CCCO3)C(=O)c3ccc(Cl)cc3Cl)nc12. The van der Waals surface area contributed by atoms with Crippen molar-refractivity contribution in [3.63, 3.8) is 0 Å². The Hall–Kier alpha value is -1.86. The van der Waals surface area contributed by atoms with E-state index in [0.29, 0.717) is 46.2 Å². The van der Waals surface area contributed by atoms with Crippen LogP contribution in [0.2, 0.25) is 10.0 Å². The number of anilines is 1. The summed E-state index contributed by atoms with van der Waals surface area (Å²) in [6.07, 6.45) is 1.87. The number of nitrogens with zero attached hydrogens (tertiary/aromatic N) is 2. The number of fused-ring (bicyclic) bond motifs is 1. The van der Waals surface area contributed by atoms with E-state index in [2.05, 4.69) is 0 Å². The third-order valence-electron chi connectivity index (χ3n) is 4.72. The summed E-state index contributed by atoms with van der Waals surface area (Å²) in [6.45, 7) is 3.61. The molecule has 0 radical (unpaired) electrons. The third kappa shape index (κ3) is 4.36. The lowest BCUT2D eigenvalue weighted by atomic mass is 10.1. The van der Waals surface area contributed by atoms with Gasteiger partial charge >= 0.3 is 0 Å². The zero-order valence-corrected chi connectivity index (χ0v) is 18.2. The number of hydrogen-bond acceptors (Lipinski definition) is 5. The molecule has 1 aromatic heterocycles. The molecule has 0 saturated carbocycles. The van der Waals surface area contributed by atoms with Gasteiger partial charge in [-0.2, -0.15) is 0 Å². The Balaban J connectivity index is 1.75. The molecular weight excluding hydrogens is 431 g/mol. The maximum absolute atomic E-state index is 13.4. The first-order chi connectivity index (χ1) is 14.1. The van der Waals surface area contributed by atoms with E-state index in [1.54, 1.807) is 23.1 Å². The normalized spacial score (nSPS) is 16.3. The van der Waals surface area contributed by atoms with Crippen LogP contribution in [0.25, 0.3) is 10.2 Å². The zero-order valence-electron chi connectivity index (χ0n) is 15.9. The molecule has 0 bridgehead atoms. The predicted molar refractivity (Wildman–Crippen MR) is 118 cm³/mol. The highest BCUT2D eigenvalue weighted by Crippen LogP contribution is 2.36. The molecule has 3 aromatic rings. The lowest BCUT2D eigenvalue weighted by Crippen LogP contribution is -2.37. The fourth-order valence-corrected chi connectivity index (χ4v) is 4.83. The number of thiazole rings is 1.